The van der Waals surface area contributed by atoms with Gasteiger partial charge < -0.3 is 4.98 Å². The lowest BCUT2D eigenvalue weighted by Gasteiger charge is -2.00. The van der Waals surface area contributed by atoms with Gasteiger partial charge in [0.1, 0.15) is 5.69 Å². The Morgan fingerprint density at radius 1 is 0.935 bits per heavy atom. The molecular weight excluding hydrogens is 386 g/mol. The smallest absolute Gasteiger partial charge is 0.273 e. The summed E-state index contributed by atoms with van der Waals surface area (Å²) in [4.78, 5) is 15.7. The van der Waals surface area contributed by atoms with Gasteiger partial charge in [-0.3, -0.25) is 4.79 Å². The number of para-hydroxylation sites is 2. The molecule has 0 fully saturated rings. The topological polar surface area (TPSA) is 75.1 Å². The van der Waals surface area contributed by atoms with Gasteiger partial charge in [0.2, 0.25) is 0 Å². The molecule has 0 aliphatic heterocycles. The molecule has 0 aliphatic carbocycles. The fourth-order valence-electron chi connectivity index (χ4n) is 3.50. The number of aromatic nitrogens is 3. The lowest BCUT2D eigenvalue weighted by Crippen LogP contribution is -2.17. The van der Waals surface area contributed by atoms with Crippen LogP contribution >= 0.6 is 0 Å². The molecule has 1 amide bonds. The van der Waals surface area contributed by atoms with Crippen molar-refractivity contribution in [3.05, 3.63) is 108 Å². The maximum atomic E-state index is 12.6. The zero-order valence-electron chi connectivity index (χ0n) is 16.6. The minimum atomic E-state index is -0.273. The average molecular weight is 405 g/mol. The number of nitrogens with one attached hydrogen (secondary N) is 2. The van der Waals surface area contributed by atoms with Crippen LogP contribution in [0, 0.1) is 0 Å². The summed E-state index contributed by atoms with van der Waals surface area (Å²) in [6.07, 6.45) is 5.22. The highest BCUT2D eigenvalue weighted by Crippen LogP contribution is 2.22. The summed E-state index contributed by atoms with van der Waals surface area (Å²) in [5, 5.41) is 9.81. The molecule has 0 radical (unpaired) electrons. The molecule has 150 valence electrons. The van der Waals surface area contributed by atoms with E-state index < -0.39 is 0 Å². The van der Waals surface area contributed by atoms with Crippen molar-refractivity contribution >= 4 is 23.0 Å². The van der Waals surface area contributed by atoms with E-state index in [4.69, 9.17) is 5.10 Å². The molecule has 2 aromatic heterocycles. The minimum absolute atomic E-state index is 0.273. The van der Waals surface area contributed by atoms with Crippen LogP contribution in [0.3, 0.4) is 0 Å². The Morgan fingerprint density at radius 3 is 2.45 bits per heavy atom. The van der Waals surface area contributed by atoms with Gasteiger partial charge in [0.15, 0.2) is 0 Å². The van der Waals surface area contributed by atoms with Crippen molar-refractivity contribution in [1.29, 1.82) is 0 Å². The number of rotatable bonds is 5. The molecule has 31 heavy (non-hydrogen) atoms. The van der Waals surface area contributed by atoms with Crippen molar-refractivity contribution in [2.24, 2.45) is 5.10 Å². The van der Waals surface area contributed by atoms with Gasteiger partial charge in [-0.05, 0) is 18.2 Å². The van der Waals surface area contributed by atoms with Crippen molar-refractivity contribution in [2.45, 2.75) is 0 Å². The SMILES string of the molecule is O=C(N/N=C\c1cn(-c2ccccc2)nc1-c1ccccc1)c1c[nH]c2ccccc12. The number of hydrogen-bond acceptors (Lipinski definition) is 3. The van der Waals surface area contributed by atoms with E-state index in [1.165, 1.54) is 0 Å². The Morgan fingerprint density at radius 2 is 1.65 bits per heavy atom. The number of H-pyrrole nitrogens is 1. The molecule has 0 unspecified atom stereocenters. The van der Waals surface area contributed by atoms with Crippen LogP contribution in [0.2, 0.25) is 0 Å². The fourth-order valence-corrected chi connectivity index (χ4v) is 3.50. The first-order chi connectivity index (χ1) is 15.3. The highest BCUT2D eigenvalue weighted by molar-refractivity contribution is 6.06. The molecule has 0 saturated carbocycles. The molecule has 6 nitrogen and oxygen atoms in total. The highest BCUT2D eigenvalue weighted by atomic mass is 16.2. The monoisotopic (exact) mass is 405 g/mol. The van der Waals surface area contributed by atoms with E-state index in [-0.39, 0.29) is 5.91 Å². The predicted octanol–water partition coefficient (Wildman–Crippen LogP) is 4.78. The number of aromatic amines is 1. The molecule has 2 heterocycles. The van der Waals surface area contributed by atoms with Crippen molar-refractivity contribution in [1.82, 2.24) is 20.2 Å². The Bertz CT molecular complexity index is 1370. The molecular formula is C25H19N5O. The molecule has 5 rings (SSSR count). The third-order valence-corrected chi connectivity index (χ3v) is 5.01. The maximum Gasteiger partial charge on any atom is 0.273 e. The van der Waals surface area contributed by atoms with Gasteiger partial charge in [0.25, 0.3) is 5.91 Å². The van der Waals surface area contributed by atoms with Crippen LogP contribution in [0.1, 0.15) is 15.9 Å². The van der Waals surface area contributed by atoms with Gasteiger partial charge in [-0.15, -0.1) is 0 Å². The second kappa shape index (κ2) is 8.12. The molecule has 0 atom stereocenters. The molecule has 2 N–H and O–H groups in total. The molecule has 0 bridgehead atoms. The first-order valence-electron chi connectivity index (χ1n) is 9.89. The van der Waals surface area contributed by atoms with E-state index in [1.807, 2.05) is 95.8 Å². The summed E-state index contributed by atoms with van der Waals surface area (Å²) >= 11 is 0. The van der Waals surface area contributed by atoms with Crippen molar-refractivity contribution in [3.8, 4) is 16.9 Å². The Balaban J connectivity index is 1.44. The summed E-state index contributed by atoms with van der Waals surface area (Å²) in [6, 6.07) is 27.4. The van der Waals surface area contributed by atoms with E-state index in [0.29, 0.717) is 5.56 Å². The third kappa shape index (κ3) is 3.74. The lowest BCUT2D eigenvalue weighted by molar-refractivity contribution is 0.0957. The normalized spacial score (nSPS) is 11.2. The average Bonchev–Trinajstić information content (AvgIpc) is 3.45. The molecule has 0 spiro atoms. The molecule has 3 aromatic carbocycles. The number of benzene rings is 3. The summed E-state index contributed by atoms with van der Waals surface area (Å²) in [6.45, 7) is 0. The van der Waals surface area contributed by atoms with Gasteiger partial charge in [-0.25, -0.2) is 10.1 Å². The van der Waals surface area contributed by atoms with Crippen LogP contribution < -0.4 is 5.43 Å². The summed E-state index contributed by atoms with van der Waals surface area (Å²) in [5.41, 5.74) is 7.60. The summed E-state index contributed by atoms with van der Waals surface area (Å²) in [7, 11) is 0. The third-order valence-electron chi connectivity index (χ3n) is 5.01. The maximum absolute atomic E-state index is 12.6. The van der Waals surface area contributed by atoms with Gasteiger partial charge >= 0.3 is 0 Å². The molecule has 0 aliphatic rings. The van der Waals surface area contributed by atoms with Crippen LogP contribution in [-0.2, 0) is 0 Å². The summed E-state index contributed by atoms with van der Waals surface area (Å²) < 4.78 is 1.81. The van der Waals surface area contributed by atoms with E-state index >= 15 is 0 Å². The fraction of sp³-hybridized carbons (Fsp3) is 0. The van der Waals surface area contributed by atoms with Gasteiger partial charge in [-0.2, -0.15) is 10.2 Å². The second-order valence-corrected chi connectivity index (χ2v) is 7.03. The number of nitrogens with zero attached hydrogens (tertiary/aromatic N) is 3. The van der Waals surface area contributed by atoms with Crippen LogP contribution in [-0.4, -0.2) is 26.9 Å². The van der Waals surface area contributed by atoms with Crippen LogP contribution in [0.5, 0.6) is 0 Å². The first-order valence-corrected chi connectivity index (χ1v) is 9.89. The Kier molecular flexibility index (Phi) is 4.86. The van der Waals surface area contributed by atoms with Crippen LogP contribution in [0.4, 0.5) is 0 Å². The van der Waals surface area contributed by atoms with Gasteiger partial charge in [-0.1, -0.05) is 66.7 Å². The molecule has 0 saturated heterocycles. The van der Waals surface area contributed by atoms with Crippen molar-refractivity contribution in [2.75, 3.05) is 0 Å². The van der Waals surface area contributed by atoms with E-state index in [2.05, 4.69) is 15.5 Å². The number of carbonyl (C=O) groups is 1. The van der Waals surface area contributed by atoms with E-state index in [0.717, 1.165) is 33.4 Å². The zero-order valence-corrected chi connectivity index (χ0v) is 16.6. The number of fused-ring (bicyclic) bond motifs is 1. The predicted molar refractivity (Wildman–Crippen MR) is 122 cm³/mol. The molecule has 6 heteroatoms. The Labute approximate surface area is 178 Å². The number of hydrazone groups is 1. The highest BCUT2D eigenvalue weighted by Gasteiger charge is 2.13. The number of hydrogen-bond donors (Lipinski definition) is 2. The lowest BCUT2D eigenvalue weighted by atomic mass is 10.1. The number of carbonyl (C=O) groups excluding carboxylic acids is 1. The van der Waals surface area contributed by atoms with Crippen molar-refractivity contribution in [3.63, 3.8) is 0 Å². The Hall–Kier alpha value is -4.45. The van der Waals surface area contributed by atoms with Crippen LogP contribution in [0.15, 0.2) is 102 Å². The van der Waals surface area contributed by atoms with Crippen molar-refractivity contribution < 1.29 is 4.79 Å². The first kappa shape index (κ1) is 18.6. The molecule has 5 aromatic rings. The standard InChI is InChI=1S/C25H19N5O/c31-25(22-16-26-23-14-8-7-13-21(22)23)28-27-15-19-17-30(20-11-5-2-6-12-20)29-24(19)18-9-3-1-4-10-18/h1-17,26H,(H,28,31)/b27-15-. The van der Waals surface area contributed by atoms with E-state index in [1.54, 1.807) is 12.4 Å². The summed E-state index contributed by atoms with van der Waals surface area (Å²) in [5.74, 6) is -0.273. The number of amides is 1. The van der Waals surface area contributed by atoms with Gasteiger partial charge in [0, 0.05) is 34.4 Å². The minimum Gasteiger partial charge on any atom is -0.360 e. The second-order valence-electron chi connectivity index (χ2n) is 7.03. The van der Waals surface area contributed by atoms with E-state index in [9.17, 15) is 4.79 Å². The quantitative estimate of drug-likeness (QED) is 0.326. The van der Waals surface area contributed by atoms with Crippen LogP contribution in [0.25, 0.3) is 27.8 Å². The largest absolute Gasteiger partial charge is 0.360 e. The van der Waals surface area contributed by atoms with Gasteiger partial charge in [0.05, 0.1) is 17.5 Å². The zero-order chi connectivity index (χ0) is 21.0.